The van der Waals surface area contributed by atoms with Gasteiger partial charge < -0.3 is 10.2 Å². The van der Waals surface area contributed by atoms with Crippen LogP contribution in [0.15, 0.2) is 18.3 Å². The minimum atomic E-state index is 0.617. The molecule has 0 saturated heterocycles. The molecule has 21 heavy (non-hydrogen) atoms. The van der Waals surface area contributed by atoms with E-state index in [0.717, 1.165) is 31.7 Å². The zero-order chi connectivity index (χ0) is 15.7. The fraction of sp³-hybridized carbons (Fsp3) is 0.722. The lowest BCUT2D eigenvalue weighted by atomic mass is 10.1. The maximum atomic E-state index is 4.49. The van der Waals surface area contributed by atoms with Crippen molar-refractivity contribution in [2.75, 3.05) is 18.0 Å². The fourth-order valence-corrected chi connectivity index (χ4v) is 2.72. The number of rotatable bonds is 10. The van der Waals surface area contributed by atoms with Crippen molar-refractivity contribution in [2.45, 2.75) is 66.5 Å². The molecule has 0 aliphatic heterocycles. The first kappa shape index (κ1) is 18.0. The van der Waals surface area contributed by atoms with Gasteiger partial charge in [-0.1, -0.05) is 34.6 Å². The SMILES string of the molecule is CCCNCc1cc(N(CC(C)C)C(CC)CC)ccn1. The summed E-state index contributed by atoms with van der Waals surface area (Å²) in [6.07, 6.45) is 5.49. The number of pyridine rings is 1. The molecule has 0 bridgehead atoms. The minimum Gasteiger partial charge on any atom is -0.368 e. The molecule has 0 saturated carbocycles. The topological polar surface area (TPSA) is 28.2 Å². The highest BCUT2D eigenvalue weighted by Gasteiger charge is 2.17. The third-order valence-corrected chi connectivity index (χ3v) is 3.81. The molecule has 0 spiro atoms. The van der Waals surface area contributed by atoms with Crippen molar-refractivity contribution in [1.29, 1.82) is 0 Å². The largest absolute Gasteiger partial charge is 0.368 e. The van der Waals surface area contributed by atoms with E-state index >= 15 is 0 Å². The van der Waals surface area contributed by atoms with Gasteiger partial charge in [0.2, 0.25) is 0 Å². The molecule has 120 valence electrons. The molecule has 3 nitrogen and oxygen atoms in total. The second kappa shape index (κ2) is 9.78. The summed E-state index contributed by atoms with van der Waals surface area (Å²) in [5, 5.41) is 3.43. The van der Waals surface area contributed by atoms with E-state index in [9.17, 15) is 0 Å². The van der Waals surface area contributed by atoms with Crippen LogP contribution in [-0.4, -0.2) is 24.1 Å². The summed E-state index contributed by atoms with van der Waals surface area (Å²) >= 11 is 0. The quantitative estimate of drug-likeness (QED) is 0.654. The number of nitrogens with zero attached hydrogens (tertiary/aromatic N) is 2. The Hall–Kier alpha value is -1.09. The molecule has 1 heterocycles. The molecule has 0 aliphatic carbocycles. The fourth-order valence-electron chi connectivity index (χ4n) is 2.72. The Morgan fingerprint density at radius 1 is 1.19 bits per heavy atom. The van der Waals surface area contributed by atoms with Gasteiger partial charge in [-0.25, -0.2) is 0 Å². The Kier molecular flexibility index (Phi) is 8.36. The van der Waals surface area contributed by atoms with Crippen molar-refractivity contribution < 1.29 is 0 Å². The van der Waals surface area contributed by atoms with E-state index in [2.05, 4.69) is 62.0 Å². The highest BCUT2D eigenvalue weighted by molar-refractivity contribution is 5.47. The Labute approximate surface area is 131 Å². The monoisotopic (exact) mass is 291 g/mol. The Bertz CT molecular complexity index is 386. The smallest absolute Gasteiger partial charge is 0.0562 e. The van der Waals surface area contributed by atoms with Gasteiger partial charge in [0.15, 0.2) is 0 Å². The van der Waals surface area contributed by atoms with Gasteiger partial charge in [0.1, 0.15) is 0 Å². The molecule has 0 fully saturated rings. The van der Waals surface area contributed by atoms with E-state index in [1.807, 2.05) is 6.20 Å². The first-order valence-electron chi connectivity index (χ1n) is 8.54. The second-order valence-electron chi connectivity index (χ2n) is 6.20. The van der Waals surface area contributed by atoms with Crippen LogP contribution in [0.2, 0.25) is 0 Å². The van der Waals surface area contributed by atoms with Crippen molar-refractivity contribution >= 4 is 5.69 Å². The van der Waals surface area contributed by atoms with Crippen LogP contribution in [-0.2, 0) is 6.54 Å². The summed E-state index contributed by atoms with van der Waals surface area (Å²) < 4.78 is 0. The Morgan fingerprint density at radius 3 is 2.48 bits per heavy atom. The molecule has 0 radical (unpaired) electrons. The van der Waals surface area contributed by atoms with Gasteiger partial charge in [-0.15, -0.1) is 0 Å². The van der Waals surface area contributed by atoms with Gasteiger partial charge in [-0.3, -0.25) is 4.98 Å². The predicted molar refractivity (Wildman–Crippen MR) is 92.8 cm³/mol. The number of hydrogen-bond acceptors (Lipinski definition) is 3. The third kappa shape index (κ3) is 6.04. The lowest BCUT2D eigenvalue weighted by Crippen LogP contribution is -2.37. The second-order valence-corrected chi connectivity index (χ2v) is 6.20. The van der Waals surface area contributed by atoms with Crippen molar-refractivity contribution in [3.8, 4) is 0 Å². The van der Waals surface area contributed by atoms with Crippen molar-refractivity contribution in [3.63, 3.8) is 0 Å². The average Bonchev–Trinajstić information content (AvgIpc) is 2.48. The van der Waals surface area contributed by atoms with Crippen molar-refractivity contribution in [3.05, 3.63) is 24.0 Å². The molecule has 0 amide bonds. The highest BCUT2D eigenvalue weighted by atomic mass is 15.2. The molecular formula is C18H33N3. The first-order chi connectivity index (χ1) is 10.1. The zero-order valence-corrected chi connectivity index (χ0v) is 14.5. The van der Waals surface area contributed by atoms with Crippen LogP contribution in [0, 0.1) is 5.92 Å². The zero-order valence-electron chi connectivity index (χ0n) is 14.5. The van der Waals surface area contributed by atoms with Crippen LogP contribution < -0.4 is 10.2 Å². The summed E-state index contributed by atoms with van der Waals surface area (Å²) in [7, 11) is 0. The molecule has 0 aliphatic rings. The van der Waals surface area contributed by atoms with Crippen LogP contribution >= 0.6 is 0 Å². The molecule has 0 atom stereocenters. The van der Waals surface area contributed by atoms with Crippen LogP contribution in [0.25, 0.3) is 0 Å². The van der Waals surface area contributed by atoms with E-state index in [-0.39, 0.29) is 0 Å². The van der Waals surface area contributed by atoms with Crippen LogP contribution in [0.4, 0.5) is 5.69 Å². The van der Waals surface area contributed by atoms with Crippen molar-refractivity contribution in [2.24, 2.45) is 5.92 Å². The maximum Gasteiger partial charge on any atom is 0.0562 e. The molecule has 0 aromatic carbocycles. The molecule has 0 unspecified atom stereocenters. The van der Waals surface area contributed by atoms with E-state index in [0.29, 0.717) is 12.0 Å². The highest BCUT2D eigenvalue weighted by Crippen LogP contribution is 2.22. The van der Waals surface area contributed by atoms with Gasteiger partial charge in [0, 0.05) is 31.0 Å². The summed E-state index contributed by atoms with van der Waals surface area (Å²) in [5.74, 6) is 0.667. The third-order valence-electron chi connectivity index (χ3n) is 3.81. The summed E-state index contributed by atoms with van der Waals surface area (Å²) in [6, 6.07) is 5.03. The summed E-state index contributed by atoms with van der Waals surface area (Å²) in [6.45, 7) is 14.4. The van der Waals surface area contributed by atoms with Crippen LogP contribution in [0.3, 0.4) is 0 Å². The van der Waals surface area contributed by atoms with Crippen molar-refractivity contribution in [1.82, 2.24) is 10.3 Å². The molecule has 1 aromatic heterocycles. The Morgan fingerprint density at radius 2 is 1.90 bits per heavy atom. The minimum absolute atomic E-state index is 0.617. The van der Waals surface area contributed by atoms with Crippen LogP contribution in [0.1, 0.15) is 59.6 Å². The van der Waals surface area contributed by atoms with Gasteiger partial charge in [-0.05, 0) is 43.9 Å². The number of anilines is 1. The first-order valence-corrected chi connectivity index (χ1v) is 8.54. The number of aromatic nitrogens is 1. The molecule has 3 heteroatoms. The standard InChI is InChI=1S/C18H33N3/c1-6-10-19-13-16-12-18(9-11-20-16)21(14-15(4)5)17(7-2)8-3/h9,11-12,15,17,19H,6-8,10,13-14H2,1-5H3. The number of nitrogens with one attached hydrogen (secondary N) is 1. The lowest BCUT2D eigenvalue weighted by Gasteiger charge is -2.34. The van der Waals surface area contributed by atoms with Gasteiger partial charge in [-0.2, -0.15) is 0 Å². The van der Waals surface area contributed by atoms with E-state index < -0.39 is 0 Å². The summed E-state index contributed by atoms with van der Waals surface area (Å²) in [5.41, 5.74) is 2.46. The maximum absolute atomic E-state index is 4.49. The Balaban J connectivity index is 2.87. The normalized spacial score (nSPS) is 11.4. The van der Waals surface area contributed by atoms with Crippen LogP contribution in [0.5, 0.6) is 0 Å². The lowest BCUT2D eigenvalue weighted by molar-refractivity contribution is 0.507. The van der Waals surface area contributed by atoms with E-state index in [4.69, 9.17) is 0 Å². The van der Waals surface area contributed by atoms with Gasteiger partial charge in [0.25, 0.3) is 0 Å². The summed E-state index contributed by atoms with van der Waals surface area (Å²) in [4.78, 5) is 7.06. The molecular weight excluding hydrogens is 258 g/mol. The predicted octanol–water partition coefficient (Wildman–Crippen LogP) is 4.23. The van der Waals surface area contributed by atoms with E-state index in [1.54, 1.807) is 0 Å². The molecule has 1 rings (SSSR count). The molecule has 1 N–H and O–H groups in total. The number of hydrogen-bond donors (Lipinski definition) is 1. The van der Waals surface area contributed by atoms with Gasteiger partial charge >= 0.3 is 0 Å². The van der Waals surface area contributed by atoms with Gasteiger partial charge in [0.05, 0.1) is 5.69 Å². The van der Waals surface area contributed by atoms with E-state index in [1.165, 1.54) is 18.5 Å². The molecule has 1 aromatic rings. The average molecular weight is 291 g/mol.